The van der Waals surface area contributed by atoms with E-state index in [0.29, 0.717) is 12.5 Å². The van der Waals surface area contributed by atoms with Gasteiger partial charge in [-0.05, 0) is 19.4 Å². The molecule has 4 heteroatoms. The van der Waals surface area contributed by atoms with Crippen LogP contribution in [0, 0.1) is 0 Å². The SMILES string of the molecule is COc1oncc1CCCN. The van der Waals surface area contributed by atoms with Crippen LogP contribution in [0.2, 0.25) is 0 Å². The first-order valence-corrected chi connectivity index (χ1v) is 3.56. The molecule has 1 aromatic rings. The van der Waals surface area contributed by atoms with Crippen molar-refractivity contribution < 1.29 is 9.26 Å². The van der Waals surface area contributed by atoms with Crippen LogP contribution in [-0.2, 0) is 6.42 Å². The quantitative estimate of drug-likeness (QED) is 0.692. The van der Waals surface area contributed by atoms with Crippen molar-refractivity contribution in [1.82, 2.24) is 5.16 Å². The van der Waals surface area contributed by atoms with Crippen LogP contribution in [-0.4, -0.2) is 18.8 Å². The predicted octanol–water partition coefficient (Wildman–Crippen LogP) is 0.575. The minimum atomic E-state index is 0.499. The molecule has 62 valence electrons. The Morgan fingerprint density at radius 3 is 3.18 bits per heavy atom. The number of aromatic nitrogens is 1. The first-order chi connectivity index (χ1) is 5.38. The van der Waals surface area contributed by atoms with Gasteiger partial charge in [0.25, 0.3) is 0 Å². The fourth-order valence-corrected chi connectivity index (χ4v) is 0.877. The molecular weight excluding hydrogens is 144 g/mol. The second kappa shape index (κ2) is 3.98. The number of ether oxygens (including phenoxy) is 1. The van der Waals surface area contributed by atoms with E-state index < -0.39 is 0 Å². The van der Waals surface area contributed by atoms with Crippen LogP contribution in [0.25, 0.3) is 0 Å². The Bertz CT molecular complexity index is 210. The molecule has 2 N–H and O–H groups in total. The van der Waals surface area contributed by atoms with Crippen LogP contribution < -0.4 is 10.5 Å². The van der Waals surface area contributed by atoms with E-state index >= 15 is 0 Å². The molecule has 1 rings (SSSR count). The summed E-state index contributed by atoms with van der Waals surface area (Å²) in [4.78, 5) is 0. The topological polar surface area (TPSA) is 61.3 Å². The molecule has 4 nitrogen and oxygen atoms in total. The first kappa shape index (κ1) is 8.07. The van der Waals surface area contributed by atoms with Gasteiger partial charge in [0.05, 0.1) is 18.9 Å². The number of nitrogens with zero attached hydrogens (tertiary/aromatic N) is 1. The van der Waals surface area contributed by atoms with Crippen LogP contribution >= 0.6 is 0 Å². The van der Waals surface area contributed by atoms with Gasteiger partial charge >= 0.3 is 5.95 Å². The lowest BCUT2D eigenvalue weighted by molar-refractivity contribution is 0.258. The normalized spacial score (nSPS) is 10.0. The summed E-state index contributed by atoms with van der Waals surface area (Å²) < 4.78 is 9.71. The summed E-state index contributed by atoms with van der Waals surface area (Å²) in [5.74, 6) is 0.499. The lowest BCUT2D eigenvalue weighted by Crippen LogP contribution is -2.00. The Balaban J connectivity index is 2.54. The van der Waals surface area contributed by atoms with E-state index in [1.165, 1.54) is 0 Å². The van der Waals surface area contributed by atoms with E-state index in [2.05, 4.69) is 5.16 Å². The molecule has 0 amide bonds. The molecule has 0 atom stereocenters. The van der Waals surface area contributed by atoms with Gasteiger partial charge in [0.2, 0.25) is 0 Å². The van der Waals surface area contributed by atoms with Crippen molar-refractivity contribution >= 4 is 0 Å². The molecule has 0 aliphatic heterocycles. The van der Waals surface area contributed by atoms with Crippen molar-refractivity contribution in [3.63, 3.8) is 0 Å². The number of aryl methyl sites for hydroxylation is 1. The van der Waals surface area contributed by atoms with Crippen molar-refractivity contribution in [2.24, 2.45) is 5.73 Å². The van der Waals surface area contributed by atoms with E-state index in [-0.39, 0.29) is 0 Å². The van der Waals surface area contributed by atoms with Crippen LogP contribution in [0.4, 0.5) is 0 Å². The Hall–Kier alpha value is -1.03. The van der Waals surface area contributed by atoms with Crippen LogP contribution in [0.15, 0.2) is 10.7 Å². The summed E-state index contributed by atoms with van der Waals surface area (Å²) in [6.45, 7) is 0.675. The van der Waals surface area contributed by atoms with Gasteiger partial charge in [0, 0.05) is 0 Å². The highest BCUT2D eigenvalue weighted by molar-refractivity contribution is 5.18. The predicted molar refractivity (Wildman–Crippen MR) is 40.4 cm³/mol. The van der Waals surface area contributed by atoms with Gasteiger partial charge in [0.1, 0.15) is 0 Å². The smallest absolute Gasteiger partial charge is 0.314 e. The van der Waals surface area contributed by atoms with Gasteiger partial charge in [-0.25, -0.2) is 0 Å². The fraction of sp³-hybridized carbons (Fsp3) is 0.571. The van der Waals surface area contributed by atoms with Gasteiger partial charge in [-0.1, -0.05) is 5.16 Å². The monoisotopic (exact) mass is 156 g/mol. The second-order valence-electron chi connectivity index (χ2n) is 2.23. The first-order valence-electron chi connectivity index (χ1n) is 3.56. The third kappa shape index (κ3) is 1.94. The van der Waals surface area contributed by atoms with Crippen LogP contribution in [0.5, 0.6) is 5.95 Å². The largest absolute Gasteiger partial charge is 0.467 e. The van der Waals surface area contributed by atoms with Crippen LogP contribution in [0.3, 0.4) is 0 Å². The molecule has 0 aromatic carbocycles. The number of nitrogens with two attached hydrogens (primary N) is 1. The zero-order valence-electron chi connectivity index (χ0n) is 6.54. The van der Waals surface area contributed by atoms with Gasteiger partial charge in [0.15, 0.2) is 0 Å². The Labute approximate surface area is 65.3 Å². The van der Waals surface area contributed by atoms with Crippen molar-refractivity contribution in [3.8, 4) is 5.95 Å². The second-order valence-corrected chi connectivity index (χ2v) is 2.23. The molecule has 11 heavy (non-hydrogen) atoms. The zero-order chi connectivity index (χ0) is 8.10. The van der Waals surface area contributed by atoms with E-state index in [9.17, 15) is 0 Å². The van der Waals surface area contributed by atoms with E-state index in [1.54, 1.807) is 13.3 Å². The molecule has 0 radical (unpaired) electrons. The van der Waals surface area contributed by atoms with Gasteiger partial charge in [-0.3, -0.25) is 0 Å². The third-order valence-corrected chi connectivity index (χ3v) is 1.44. The lowest BCUT2D eigenvalue weighted by atomic mass is 10.2. The van der Waals surface area contributed by atoms with Gasteiger partial charge < -0.3 is 15.0 Å². The van der Waals surface area contributed by atoms with Gasteiger partial charge in [-0.2, -0.15) is 0 Å². The number of rotatable bonds is 4. The Morgan fingerprint density at radius 1 is 1.73 bits per heavy atom. The van der Waals surface area contributed by atoms with Crippen molar-refractivity contribution in [3.05, 3.63) is 11.8 Å². The third-order valence-electron chi connectivity index (χ3n) is 1.44. The summed E-state index contributed by atoms with van der Waals surface area (Å²) in [5, 5.41) is 3.61. The van der Waals surface area contributed by atoms with E-state index in [0.717, 1.165) is 18.4 Å². The highest BCUT2D eigenvalue weighted by Crippen LogP contribution is 2.17. The standard InChI is InChI=1S/C7H12N2O2/c1-10-7-6(3-2-4-8)5-9-11-7/h5H,2-4,8H2,1H3. The summed E-state index contributed by atoms with van der Waals surface area (Å²) in [7, 11) is 1.56. The van der Waals surface area contributed by atoms with Crippen molar-refractivity contribution in [2.45, 2.75) is 12.8 Å². The zero-order valence-corrected chi connectivity index (χ0v) is 6.54. The minimum Gasteiger partial charge on any atom is -0.467 e. The van der Waals surface area contributed by atoms with Crippen LogP contribution in [0.1, 0.15) is 12.0 Å². The minimum absolute atomic E-state index is 0.499. The molecule has 0 spiro atoms. The molecule has 0 saturated heterocycles. The average Bonchev–Trinajstić information content (AvgIpc) is 2.47. The fourth-order valence-electron chi connectivity index (χ4n) is 0.877. The highest BCUT2D eigenvalue weighted by Gasteiger charge is 2.05. The lowest BCUT2D eigenvalue weighted by Gasteiger charge is -1.96. The Morgan fingerprint density at radius 2 is 2.55 bits per heavy atom. The molecule has 0 saturated carbocycles. The maximum atomic E-state index is 5.34. The number of hydrogen-bond donors (Lipinski definition) is 1. The average molecular weight is 156 g/mol. The number of methoxy groups -OCH3 is 1. The molecule has 0 aliphatic rings. The number of hydrogen-bond acceptors (Lipinski definition) is 4. The maximum absolute atomic E-state index is 5.34. The molecular formula is C7H12N2O2. The molecule has 0 unspecified atom stereocenters. The van der Waals surface area contributed by atoms with Gasteiger partial charge in [-0.15, -0.1) is 0 Å². The molecule has 0 bridgehead atoms. The van der Waals surface area contributed by atoms with E-state index in [4.69, 9.17) is 15.0 Å². The van der Waals surface area contributed by atoms with Crippen molar-refractivity contribution in [2.75, 3.05) is 13.7 Å². The summed E-state index contributed by atoms with van der Waals surface area (Å²) >= 11 is 0. The van der Waals surface area contributed by atoms with Crippen molar-refractivity contribution in [1.29, 1.82) is 0 Å². The maximum Gasteiger partial charge on any atom is 0.314 e. The molecule has 0 aliphatic carbocycles. The Kier molecular flexibility index (Phi) is 2.92. The van der Waals surface area contributed by atoms with E-state index in [1.807, 2.05) is 0 Å². The summed E-state index contributed by atoms with van der Waals surface area (Å²) in [6, 6.07) is 0. The highest BCUT2D eigenvalue weighted by atomic mass is 16.6. The summed E-state index contributed by atoms with van der Waals surface area (Å²) in [6.07, 6.45) is 3.45. The molecule has 1 aromatic heterocycles. The summed E-state index contributed by atoms with van der Waals surface area (Å²) in [5.41, 5.74) is 6.33. The molecule has 1 heterocycles. The molecule has 0 fully saturated rings.